The van der Waals surface area contributed by atoms with Gasteiger partial charge in [0.15, 0.2) is 0 Å². The summed E-state index contributed by atoms with van der Waals surface area (Å²) in [7, 11) is 3.46. The molecule has 3 heterocycles. The Balaban J connectivity index is 1.81. The summed E-state index contributed by atoms with van der Waals surface area (Å²) in [6.45, 7) is 4.64. The number of nitrogens with zero attached hydrogens (tertiary/aromatic N) is 4. The number of morpholine rings is 1. The minimum Gasteiger partial charge on any atom is -0.379 e. The number of hydrogen-bond acceptors (Lipinski definition) is 5. The van der Waals surface area contributed by atoms with Crippen molar-refractivity contribution in [1.29, 1.82) is 0 Å². The van der Waals surface area contributed by atoms with Gasteiger partial charge >= 0.3 is 5.69 Å². The molecule has 1 saturated heterocycles. The van der Waals surface area contributed by atoms with E-state index in [2.05, 4.69) is 16.0 Å². The lowest BCUT2D eigenvalue weighted by Crippen LogP contribution is -2.37. The van der Waals surface area contributed by atoms with Crippen molar-refractivity contribution >= 4 is 24.3 Å². The molecule has 0 saturated carbocycles. The third-order valence-corrected chi connectivity index (χ3v) is 5.01. The van der Waals surface area contributed by atoms with Crippen molar-refractivity contribution in [2.24, 2.45) is 19.1 Å². The predicted molar refractivity (Wildman–Crippen MR) is 93.3 cm³/mol. The van der Waals surface area contributed by atoms with Crippen molar-refractivity contribution in [3.63, 3.8) is 0 Å². The Kier molecular flexibility index (Phi) is 4.89. The summed E-state index contributed by atoms with van der Waals surface area (Å²) in [5.41, 5.74) is 2.12. The van der Waals surface area contributed by atoms with Crippen LogP contribution in [0.15, 0.2) is 21.4 Å². The van der Waals surface area contributed by atoms with Crippen molar-refractivity contribution in [3.05, 3.63) is 32.3 Å². The number of aromatic nitrogens is 2. The smallest absolute Gasteiger partial charge is 0.330 e. The minimum absolute atomic E-state index is 0.136. The van der Waals surface area contributed by atoms with Crippen LogP contribution in [0.2, 0.25) is 0 Å². The van der Waals surface area contributed by atoms with Crippen molar-refractivity contribution in [2.45, 2.75) is 12.8 Å². The van der Waals surface area contributed by atoms with Gasteiger partial charge in [0.2, 0.25) is 0 Å². The first-order valence-corrected chi connectivity index (χ1v) is 8.30. The predicted octanol–water partition coefficient (Wildman–Crippen LogP) is 1.36. The molecule has 0 aromatic carbocycles. The van der Waals surface area contributed by atoms with Crippen LogP contribution < -0.4 is 5.69 Å². The van der Waals surface area contributed by atoms with E-state index in [-0.39, 0.29) is 5.69 Å². The fourth-order valence-electron chi connectivity index (χ4n) is 3.02. The molecule has 3 rings (SSSR count). The maximum Gasteiger partial charge on any atom is 0.330 e. The van der Waals surface area contributed by atoms with Gasteiger partial charge in [-0.05, 0) is 12.5 Å². The largest absolute Gasteiger partial charge is 0.379 e. The average Bonchev–Trinajstić information content (AvgIpc) is 2.80. The molecule has 0 aliphatic carbocycles. The maximum atomic E-state index is 12.1. The normalized spacial score (nSPS) is 18.4. The Labute approximate surface area is 140 Å². The molecule has 0 bridgehead atoms. The Bertz CT molecular complexity index is 770. The second kappa shape index (κ2) is 6.90. The molecule has 0 radical (unpaired) electrons. The highest BCUT2D eigenvalue weighted by Gasteiger charge is 2.17. The number of ether oxygens (including phenoxy) is 1. The minimum atomic E-state index is -0.136. The van der Waals surface area contributed by atoms with Crippen LogP contribution in [-0.2, 0) is 25.3 Å². The third kappa shape index (κ3) is 3.36. The van der Waals surface area contributed by atoms with Gasteiger partial charge in [0.25, 0.3) is 0 Å². The van der Waals surface area contributed by atoms with Gasteiger partial charge < -0.3 is 4.74 Å². The average molecular weight is 334 g/mol. The fourth-order valence-corrected chi connectivity index (χ4v) is 3.26. The molecule has 7 heteroatoms. The third-order valence-electron chi connectivity index (χ3n) is 4.49. The lowest BCUT2D eigenvalue weighted by molar-refractivity contribution is 0.0384. The molecule has 1 aromatic rings. The molecule has 0 amide bonds. The zero-order valence-electron chi connectivity index (χ0n) is 13.6. The quantitative estimate of drug-likeness (QED) is 0.783. The van der Waals surface area contributed by atoms with Gasteiger partial charge in [-0.2, -0.15) is 0 Å². The Morgan fingerprint density at radius 2 is 2.00 bits per heavy atom. The number of rotatable bonds is 3. The van der Waals surface area contributed by atoms with Crippen molar-refractivity contribution in [3.8, 4) is 0 Å². The second-order valence-electron chi connectivity index (χ2n) is 5.99. The molecule has 2 aliphatic heterocycles. The number of allylic oxidation sites excluding steroid dienone is 1. The van der Waals surface area contributed by atoms with Crippen LogP contribution in [0.4, 0.5) is 5.82 Å². The molecule has 0 unspecified atom stereocenters. The van der Waals surface area contributed by atoms with Crippen LogP contribution >= 0.6 is 12.2 Å². The van der Waals surface area contributed by atoms with E-state index in [1.165, 1.54) is 10.1 Å². The molecule has 1 aromatic heterocycles. The zero-order valence-corrected chi connectivity index (χ0v) is 14.4. The van der Waals surface area contributed by atoms with E-state index in [4.69, 9.17) is 17.0 Å². The lowest BCUT2D eigenvalue weighted by Gasteiger charge is -2.26. The first kappa shape index (κ1) is 16.3. The summed E-state index contributed by atoms with van der Waals surface area (Å²) in [5.74, 6) is 0.677. The summed E-state index contributed by atoms with van der Waals surface area (Å²) in [6, 6.07) is 0. The van der Waals surface area contributed by atoms with E-state index in [0.29, 0.717) is 10.5 Å². The molecule has 0 spiro atoms. The van der Waals surface area contributed by atoms with Gasteiger partial charge in [-0.25, -0.2) is 9.79 Å². The molecule has 2 aliphatic rings. The van der Waals surface area contributed by atoms with Crippen LogP contribution in [0.5, 0.6) is 0 Å². The van der Waals surface area contributed by atoms with Crippen molar-refractivity contribution in [2.75, 3.05) is 32.8 Å². The van der Waals surface area contributed by atoms with Gasteiger partial charge in [0, 0.05) is 51.9 Å². The number of fused-ring (bicyclic) bond motifs is 1. The van der Waals surface area contributed by atoms with E-state index in [9.17, 15) is 4.79 Å². The SMILES string of the molecule is Cn1c2c(c(=S)n(C)c1=O)CC(CCN1CCOCC1)=CC=N2. The molecular formula is C16H22N4O2S. The molecule has 0 atom stereocenters. The topological polar surface area (TPSA) is 51.8 Å². The van der Waals surface area contributed by atoms with Crippen LogP contribution in [-0.4, -0.2) is 53.1 Å². The van der Waals surface area contributed by atoms with E-state index < -0.39 is 0 Å². The van der Waals surface area contributed by atoms with Crippen molar-refractivity contribution < 1.29 is 4.74 Å². The van der Waals surface area contributed by atoms with E-state index in [1.807, 2.05) is 0 Å². The number of aliphatic imine (C=N–C) groups is 1. The molecule has 1 fully saturated rings. The summed E-state index contributed by atoms with van der Waals surface area (Å²) in [4.78, 5) is 19.0. The zero-order chi connectivity index (χ0) is 16.4. The highest BCUT2D eigenvalue weighted by Crippen LogP contribution is 2.24. The summed E-state index contributed by atoms with van der Waals surface area (Å²) >= 11 is 5.47. The fraction of sp³-hybridized carbons (Fsp3) is 0.562. The van der Waals surface area contributed by atoms with Gasteiger partial charge in [-0.3, -0.25) is 14.0 Å². The maximum absolute atomic E-state index is 12.1. The van der Waals surface area contributed by atoms with Gasteiger partial charge in [0.1, 0.15) is 10.5 Å². The molecule has 0 N–H and O–H groups in total. The van der Waals surface area contributed by atoms with E-state index >= 15 is 0 Å². The second-order valence-corrected chi connectivity index (χ2v) is 6.38. The van der Waals surface area contributed by atoms with E-state index in [1.54, 1.807) is 24.9 Å². The van der Waals surface area contributed by atoms with Crippen LogP contribution in [0.1, 0.15) is 12.0 Å². The van der Waals surface area contributed by atoms with Gasteiger partial charge in [-0.15, -0.1) is 0 Å². The monoisotopic (exact) mass is 334 g/mol. The van der Waals surface area contributed by atoms with Crippen LogP contribution in [0, 0.1) is 4.64 Å². The van der Waals surface area contributed by atoms with Gasteiger partial charge in [-0.1, -0.05) is 17.8 Å². The van der Waals surface area contributed by atoms with Crippen LogP contribution in [0.25, 0.3) is 0 Å². The van der Waals surface area contributed by atoms with E-state index in [0.717, 1.165) is 51.3 Å². The molecular weight excluding hydrogens is 312 g/mol. The molecule has 23 heavy (non-hydrogen) atoms. The Morgan fingerprint density at radius 1 is 1.26 bits per heavy atom. The molecule has 124 valence electrons. The van der Waals surface area contributed by atoms with Crippen LogP contribution in [0.3, 0.4) is 0 Å². The number of hydrogen-bond donors (Lipinski definition) is 0. The molecule has 6 nitrogen and oxygen atoms in total. The highest BCUT2D eigenvalue weighted by molar-refractivity contribution is 7.71. The standard InChI is InChI=1S/C16H22N4O2S/c1-18-14-13(15(23)19(2)16(18)21)11-12(3-5-17-14)4-6-20-7-9-22-10-8-20/h3,5H,4,6-11H2,1-2H3. The van der Waals surface area contributed by atoms with Crippen molar-refractivity contribution in [1.82, 2.24) is 14.0 Å². The Morgan fingerprint density at radius 3 is 2.74 bits per heavy atom. The first-order valence-electron chi connectivity index (χ1n) is 7.89. The summed E-state index contributed by atoms with van der Waals surface area (Å²) in [6.07, 6.45) is 5.57. The summed E-state index contributed by atoms with van der Waals surface area (Å²) < 4.78 is 9.06. The lowest BCUT2D eigenvalue weighted by atomic mass is 10.0. The summed E-state index contributed by atoms with van der Waals surface area (Å²) in [5, 5.41) is 0. The Hall–Kier alpha value is -1.57. The van der Waals surface area contributed by atoms with Gasteiger partial charge in [0.05, 0.1) is 13.2 Å². The first-order chi connectivity index (χ1) is 11.1. The highest BCUT2D eigenvalue weighted by atomic mass is 32.1.